The number of piperazine rings is 1. The third kappa shape index (κ3) is 4.12. The number of benzene rings is 1. The van der Waals surface area contributed by atoms with Crippen molar-refractivity contribution in [2.45, 2.75) is 32.1 Å². The van der Waals surface area contributed by atoms with Crippen LogP contribution in [0.1, 0.15) is 34.2 Å². The minimum atomic E-state index is -3.56. The number of nitrogens with zero attached hydrogens (tertiary/aromatic N) is 3. The zero-order valence-electron chi connectivity index (χ0n) is 16.0. The number of aromatic nitrogens is 2. The van der Waals surface area contributed by atoms with Gasteiger partial charge in [0.1, 0.15) is 4.90 Å². The Bertz CT molecular complexity index is 891. The number of aryl methyl sites for hydroxylation is 3. The van der Waals surface area contributed by atoms with E-state index in [1.54, 1.807) is 13.8 Å². The third-order valence-corrected chi connectivity index (χ3v) is 7.20. The molecule has 1 aromatic heterocycles. The maximum atomic E-state index is 12.9. The molecule has 0 aliphatic carbocycles. The van der Waals surface area contributed by atoms with E-state index in [1.165, 1.54) is 9.87 Å². The van der Waals surface area contributed by atoms with Gasteiger partial charge in [0.2, 0.25) is 10.0 Å². The quantitative estimate of drug-likeness (QED) is 0.760. The second kappa shape index (κ2) is 7.92. The molecule has 0 spiro atoms. The standard InChI is InChI=1S/C19H26N4O3S/c1-4-16-5-7-17(8-6-16)18(24)13-22-9-11-23(12-10-22)27(25,26)19-14(2)20-21-15(19)3/h5-8H,4,9-13H2,1-3H3,(H,20,21). The molecule has 1 saturated heterocycles. The lowest BCUT2D eigenvalue weighted by molar-refractivity contribution is 0.0901. The molecule has 2 aromatic rings. The Labute approximate surface area is 160 Å². The molecule has 0 bridgehead atoms. The number of ketones is 1. The highest BCUT2D eigenvalue weighted by molar-refractivity contribution is 7.89. The van der Waals surface area contributed by atoms with E-state index in [0.717, 1.165) is 6.42 Å². The second-order valence-corrected chi connectivity index (χ2v) is 8.79. The first-order valence-electron chi connectivity index (χ1n) is 9.19. The van der Waals surface area contributed by atoms with Crippen LogP contribution in [0.2, 0.25) is 0 Å². The maximum Gasteiger partial charge on any atom is 0.246 e. The van der Waals surface area contributed by atoms with Crippen LogP contribution in [0, 0.1) is 13.8 Å². The summed E-state index contributed by atoms with van der Waals surface area (Å²) < 4.78 is 27.2. The predicted molar refractivity (Wildman–Crippen MR) is 103 cm³/mol. The van der Waals surface area contributed by atoms with Crippen LogP contribution in [0.5, 0.6) is 0 Å². The average Bonchev–Trinajstić information content (AvgIpc) is 3.01. The molecular weight excluding hydrogens is 364 g/mol. The molecular formula is C19H26N4O3S. The fourth-order valence-electron chi connectivity index (χ4n) is 3.40. The van der Waals surface area contributed by atoms with Crippen molar-refractivity contribution in [3.8, 4) is 0 Å². The average molecular weight is 391 g/mol. The van der Waals surface area contributed by atoms with Crippen LogP contribution < -0.4 is 0 Å². The summed E-state index contributed by atoms with van der Waals surface area (Å²) in [4.78, 5) is 14.8. The lowest BCUT2D eigenvalue weighted by atomic mass is 10.1. The summed E-state index contributed by atoms with van der Waals surface area (Å²) in [5.41, 5.74) is 2.95. The Morgan fingerprint density at radius 2 is 1.74 bits per heavy atom. The van der Waals surface area contributed by atoms with Gasteiger partial charge >= 0.3 is 0 Å². The molecule has 1 N–H and O–H groups in total. The number of sulfonamides is 1. The smallest absolute Gasteiger partial charge is 0.246 e. The fourth-order valence-corrected chi connectivity index (χ4v) is 5.15. The Kier molecular flexibility index (Phi) is 5.78. The van der Waals surface area contributed by atoms with Gasteiger partial charge in [0, 0.05) is 31.7 Å². The van der Waals surface area contributed by atoms with E-state index in [4.69, 9.17) is 0 Å². The van der Waals surface area contributed by atoms with Crippen LogP contribution in [-0.4, -0.2) is 66.3 Å². The lowest BCUT2D eigenvalue weighted by Crippen LogP contribution is -2.49. The molecule has 1 aromatic carbocycles. The first kappa shape index (κ1) is 19.7. The van der Waals surface area contributed by atoms with Gasteiger partial charge < -0.3 is 0 Å². The predicted octanol–water partition coefficient (Wildman–Crippen LogP) is 1.78. The monoisotopic (exact) mass is 390 g/mol. The first-order valence-corrected chi connectivity index (χ1v) is 10.6. The molecule has 2 heterocycles. The highest BCUT2D eigenvalue weighted by atomic mass is 32.2. The van der Waals surface area contributed by atoms with Gasteiger partial charge in [-0.05, 0) is 25.8 Å². The maximum absolute atomic E-state index is 12.9. The van der Waals surface area contributed by atoms with E-state index in [0.29, 0.717) is 49.7 Å². The highest BCUT2D eigenvalue weighted by Gasteiger charge is 2.32. The highest BCUT2D eigenvalue weighted by Crippen LogP contribution is 2.22. The Hall–Kier alpha value is -2.03. The van der Waals surface area contributed by atoms with Gasteiger partial charge in [-0.15, -0.1) is 0 Å². The molecule has 7 nitrogen and oxygen atoms in total. The van der Waals surface area contributed by atoms with Gasteiger partial charge in [-0.25, -0.2) is 8.42 Å². The summed E-state index contributed by atoms with van der Waals surface area (Å²) in [5, 5.41) is 6.72. The van der Waals surface area contributed by atoms with Crippen LogP contribution in [-0.2, 0) is 16.4 Å². The normalized spacial score (nSPS) is 16.6. The van der Waals surface area contributed by atoms with E-state index < -0.39 is 10.0 Å². The van der Waals surface area contributed by atoms with Crippen molar-refractivity contribution in [3.63, 3.8) is 0 Å². The number of Topliss-reactive ketones (excluding diaryl/α,β-unsaturated/α-hetero) is 1. The van der Waals surface area contributed by atoms with Crippen LogP contribution >= 0.6 is 0 Å². The molecule has 27 heavy (non-hydrogen) atoms. The number of rotatable bonds is 6. The minimum Gasteiger partial charge on any atom is -0.293 e. The number of aromatic amines is 1. The summed E-state index contributed by atoms with van der Waals surface area (Å²) in [6, 6.07) is 7.69. The van der Waals surface area contributed by atoms with Gasteiger partial charge in [0.05, 0.1) is 17.9 Å². The molecule has 0 radical (unpaired) electrons. The topological polar surface area (TPSA) is 86.4 Å². The zero-order chi connectivity index (χ0) is 19.6. The third-order valence-electron chi connectivity index (χ3n) is 5.04. The molecule has 1 aliphatic heterocycles. The van der Waals surface area contributed by atoms with Gasteiger partial charge in [0.15, 0.2) is 5.78 Å². The van der Waals surface area contributed by atoms with Crippen molar-refractivity contribution < 1.29 is 13.2 Å². The first-order chi connectivity index (χ1) is 12.8. The number of nitrogens with one attached hydrogen (secondary N) is 1. The lowest BCUT2D eigenvalue weighted by Gasteiger charge is -2.33. The van der Waals surface area contributed by atoms with Crippen molar-refractivity contribution in [1.29, 1.82) is 0 Å². The molecule has 8 heteroatoms. The number of carbonyl (C=O) groups is 1. The number of hydrogen-bond acceptors (Lipinski definition) is 5. The van der Waals surface area contributed by atoms with E-state index in [2.05, 4.69) is 17.1 Å². The minimum absolute atomic E-state index is 0.0653. The van der Waals surface area contributed by atoms with Crippen molar-refractivity contribution >= 4 is 15.8 Å². The SMILES string of the molecule is CCc1ccc(C(=O)CN2CCN(S(=O)(=O)c3c(C)n[nH]c3C)CC2)cc1. The van der Waals surface area contributed by atoms with E-state index in [1.807, 2.05) is 29.2 Å². The largest absolute Gasteiger partial charge is 0.293 e. The number of hydrogen-bond donors (Lipinski definition) is 1. The van der Waals surface area contributed by atoms with Gasteiger partial charge in [-0.1, -0.05) is 31.2 Å². The summed E-state index contributed by atoms with van der Waals surface area (Å²) >= 11 is 0. The van der Waals surface area contributed by atoms with Crippen LogP contribution in [0.3, 0.4) is 0 Å². The van der Waals surface area contributed by atoms with Crippen molar-refractivity contribution in [2.24, 2.45) is 0 Å². The summed E-state index contributed by atoms with van der Waals surface area (Å²) in [6.45, 7) is 7.60. The van der Waals surface area contributed by atoms with E-state index in [9.17, 15) is 13.2 Å². The van der Waals surface area contributed by atoms with E-state index >= 15 is 0 Å². The van der Waals surface area contributed by atoms with Gasteiger partial charge in [-0.3, -0.25) is 14.8 Å². The van der Waals surface area contributed by atoms with Crippen molar-refractivity contribution in [3.05, 3.63) is 46.8 Å². The Morgan fingerprint density at radius 3 is 2.26 bits per heavy atom. The van der Waals surface area contributed by atoms with Gasteiger partial charge in [-0.2, -0.15) is 9.40 Å². The molecule has 0 atom stereocenters. The molecule has 3 rings (SSSR count). The number of carbonyl (C=O) groups excluding carboxylic acids is 1. The summed E-state index contributed by atoms with van der Waals surface area (Å²) in [6.07, 6.45) is 0.945. The van der Waals surface area contributed by atoms with Crippen LogP contribution in [0.25, 0.3) is 0 Å². The fraction of sp³-hybridized carbons (Fsp3) is 0.474. The molecule has 1 fully saturated rings. The van der Waals surface area contributed by atoms with Crippen molar-refractivity contribution in [2.75, 3.05) is 32.7 Å². The second-order valence-electron chi connectivity index (χ2n) is 6.92. The molecule has 146 valence electrons. The van der Waals surface area contributed by atoms with Crippen LogP contribution in [0.4, 0.5) is 0 Å². The summed E-state index contributed by atoms with van der Waals surface area (Å²) in [7, 11) is -3.56. The van der Waals surface area contributed by atoms with Gasteiger partial charge in [0.25, 0.3) is 0 Å². The number of H-pyrrole nitrogens is 1. The zero-order valence-corrected chi connectivity index (χ0v) is 16.8. The van der Waals surface area contributed by atoms with Crippen molar-refractivity contribution in [1.82, 2.24) is 19.4 Å². The molecule has 1 aliphatic rings. The van der Waals surface area contributed by atoms with Crippen LogP contribution in [0.15, 0.2) is 29.2 Å². The molecule has 0 unspecified atom stereocenters. The molecule has 0 saturated carbocycles. The Balaban J connectivity index is 1.61. The Morgan fingerprint density at radius 1 is 1.11 bits per heavy atom. The van der Waals surface area contributed by atoms with E-state index in [-0.39, 0.29) is 10.7 Å². The molecule has 0 amide bonds. The summed E-state index contributed by atoms with van der Waals surface area (Å²) in [5.74, 6) is 0.0653.